The first-order valence-corrected chi connectivity index (χ1v) is 6.11. The zero-order valence-corrected chi connectivity index (χ0v) is 13.5. The number of hydrogen-bond acceptors (Lipinski definition) is 6. The molecule has 0 amide bonds. The highest BCUT2D eigenvalue weighted by atomic mass is 79.9. The van der Waals surface area contributed by atoms with E-state index in [1.165, 1.54) is 5.06 Å². The van der Waals surface area contributed by atoms with Gasteiger partial charge >= 0.3 is 0 Å². The van der Waals surface area contributed by atoms with E-state index in [1.807, 2.05) is 51.1 Å². The molecule has 0 radical (unpaired) electrons. The second-order valence-corrected chi connectivity index (χ2v) is 4.89. The molecule has 0 fully saturated rings. The van der Waals surface area contributed by atoms with Crippen molar-refractivity contribution in [2.24, 2.45) is 21.5 Å². The van der Waals surface area contributed by atoms with Gasteiger partial charge in [0, 0.05) is 0 Å². The molecule has 4 N–H and O–H groups in total. The van der Waals surface area contributed by atoms with Gasteiger partial charge in [-0.15, -0.1) is 17.0 Å². The number of halogens is 1. The minimum Gasteiger partial charge on any atom is -0.368 e. The van der Waals surface area contributed by atoms with Crippen LogP contribution in [0.15, 0.2) is 40.3 Å². The largest absolute Gasteiger partial charge is 0.368 e. The molecule has 1 aromatic rings. The van der Waals surface area contributed by atoms with Gasteiger partial charge in [-0.1, -0.05) is 30.3 Å². The molecule has 20 heavy (non-hydrogen) atoms. The van der Waals surface area contributed by atoms with E-state index in [1.54, 1.807) is 0 Å². The van der Waals surface area contributed by atoms with Crippen molar-refractivity contribution in [1.29, 1.82) is 0 Å². The molecule has 0 spiro atoms. The number of hydroxylamine groups is 2. The van der Waals surface area contributed by atoms with Gasteiger partial charge < -0.3 is 11.5 Å². The maximum absolute atomic E-state index is 5.87. The molecule has 1 aromatic carbocycles. The number of rotatable bonds is 3. The predicted molar refractivity (Wildman–Crippen MR) is 85.4 cm³/mol. The van der Waals surface area contributed by atoms with E-state index >= 15 is 0 Å². The standard InChI is InChI=1S/C13H19N5O.BrH/c1-9(10-7-5-4-6-8-10)19-18-12(15)16-11(14)17-13(18,2)3;/h4-9H,1-3H3,(H4,14,15,16,17);1H. The van der Waals surface area contributed by atoms with Gasteiger partial charge in [0.05, 0.1) is 0 Å². The Labute approximate surface area is 129 Å². The van der Waals surface area contributed by atoms with Crippen LogP contribution in [-0.4, -0.2) is 22.6 Å². The summed E-state index contributed by atoms with van der Waals surface area (Å²) in [6.45, 7) is 5.67. The maximum atomic E-state index is 5.87. The molecule has 0 aliphatic carbocycles. The van der Waals surface area contributed by atoms with E-state index in [0.717, 1.165) is 5.56 Å². The summed E-state index contributed by atoms with van der Waals surface area (Å²) >= 11 is 0. The molecule has 0 saturated carbocycles. The van der Waals surface area contributed by atoms with Crippen LogP contribution in [0, 0.1) is 0 Å². The van der Waals surface area contributed by atoms with E-state index in [4.69, 9.17) is 16.3 Å². The van der Waals surface area contributed by atoms with E-state index in [9.17, 15) is 0 Å². The van der Waals surface area contributed by atoms with Gasteiger partial charge in [-0.25, -0.2) is 4.99 Å². The van der Waals surface area contributed by atoms with Gasteiger partial charge in [-0.2, -0.15) is 10.1 Å². The highest BCUT2D eigenvalue weighted by molar-refractivity contribution is 8.93. The van der Waals surface area contributed by atoms with Crippen LogP contribution >= 0.6 is 17.0 Å². The van der Waals surface area contributed by atoms with Crippen molar-refractivity contribution in [2.45, 2.75) is 32.5 Å². The van der Waals surface area contributed by atoms with Crippen molar-refractivity contribution < 1.29 is 4.84 Å². The SMILES string of the molecule is Br.CC(ON1C(N)=NC(N)=NC1(C)C)c1ccccc1. The smallest absolute Gasteiger partial charge is 0.226 e. The average Bonchev–Trinajstić information content (AvgIpc) is 2.34. The summed E-state index contributed by atoms with van der Waals surface area (Å²) in [7, 11) is 0. The van der Waals surface area contributed by atoms with E-state index in [-0.39, 0.29) is 35.0 Å². The summed E-state index contributed by atoms with van der Waals surface area (Å²) < 4.78 is 0. The van der Waals surface area contributed by atoms with E-state index in [2.05, 4.69) is 9.98 Å². The molecule has 1 unspecified atom stereocenters. The molecule has 0 bridgehead atoms. The van der Waals surface area contributed by atoms with Crippen molar-refractivity contribution in [1.82, 2.24) is 5.06 Å². The van der Waals surface area contributed by atoms with Crippen LogP contribution in [0.4, 0.5) is 0 Å². The first kappa shape index (κ1) is 16.5. The van der Waals surface area contributed by atoms with Gasteiger partial charge in [0.15, 0.2) is 5.66 Å². The number of nitrogens with zero attached hydrogens (tertiary/aromatic N) is 3. The average molecular weight is 342 g/mol. The Morgan fingerprint density at radius 1 is 1.20 bits per heavy atom. The Hall–Kier alpha value is -1.60. The molecule has 1 atom stereocenters. The Bertz CT molecular complexity index is 515. The summed E-state index contributed by atoms with van der Waals surface area (Å²) in [5.41, 5.74) is 11.8. The first-order chi connectivity index (χ1) is 8.90. The van der Waals surface area contributed by atoms with Crippen molar-refractivity contribution in [3.05, 3.63) is 35.9 Å². The maximum Gasteiger partial charge on any atom is 0.226 e. The van der Waals surface area contributed by atoms with Gasteiger partial charge in [-0.3, -0.25) is 4.84 Å². The molecule has 1 aliphatic heterocycles. The first-order valence-electron chi connectivity index (χ1n) is 6.11. The number of aliphatic imine (C=N–C) groups is 2. The summed E-state index contributed by atoms with van der Waals surface area (Å²) in [6, 6.07) is 9.87. The zero-order chi connectivity index (χ0) is 14.0. The van der Waals surface area contributed by atoms with E-state index < -0.39 is 5.66 Å². The molecule has 1 aliphatic rings. The van der Waals surface area contributed by atoms with Crippen LogP contribution in [0.1, 0.15) is 32.4 Å². The lowest BCUT2D eigenvalue weighted by atomic mass is 10.1. The summed E-state index contributed by atoms with van der Waals surface area (Å²) in [6.07, 6.45) is -0.163. The van der Waals surface area contributed by atoms with Crippen LogP contribution in [0.25, 0.3) is 0 Å². The monoisotopic (exact) mass is 341 g/mol. The summed E-state index contributed by atoms with van der Waals surface area (Å²) in [5, 5.41) is 1.49. The van der Waals surface area contributed by atoms with Crippen LogP contribution in [0.3, 0.4) is 0 Å². The third-order valence-corrected chi connectivity index (χ3v) is 2.85. The molecule has 0 saturated heterocycles. The van der Waals surface area contributed by atoms with Gasteiger partial charge in [0.1, 0.15) is 6.10 Å². The topological polar surface area (TPSA) is 89.2 Å². The van der Waals surface area contributed by atoms with Crippen LogP contribution in [-0.2, 0) is 4.84 Å². The number of hydrogen-bond donors (Lipinski definition) is 2. The Kier molecular flexibility index (Phi) is 5.13. The quantitative estimate of drug-likeness (QED) is 0.878. The van der Waals surface area contributed by atoms with E-state index in [0.29, 0.717) is 0 Å². The summed E-state index contributed by atoms with van der Waals surface area (Å²) in [5.74, 6) is 0.370. The zero-order valence-electron chi connectivity index (χ0n) is 11.8. The second kappa shape index (κ2) is 6.23. The van der Waals surface area contributed by atoms with Crippen molar-refractivity contribution in [2.75, 3.05) is 0 Å². The minimum absolute atomic E-state index is 0. The second-order valence-electron chi connectivity index (χ2n) is 4.89. The lowest BCUT2D eigenvalue weighted by molar-refractivity contribution is -0.191. The summed E-state index contributed by atoms with van der Waals surface area (Å²) in [4.78, 5) is 14.0. The van der Waals surface area contributed by atoms with Crippen LogP contribution in [0.5, 0.6) is 0 Å². The van der Waals surface area contributed by atoms with Crippen molar-refractivity contribution >= 4 is 28.9 Å². The lowest BCUT2D eigenvalue weighted by Gasteiger charge is -2.38. The fourth-order valence-corrected chi connectivity index (χ4v) is 1.92. The number of nitrogens with two attached hydrogens (primary N) is 2. The van der Waals surface area contributed by atoms with Crippen molar-refractivity contribution in [3.8, 4) is 0 Å². The molecular weight excluding hydrogens is 322 g/mol. The Balaban J connectivity index is 0.00000200. The Morgan fingerprint density at radius 3 is 2.35 bits per heavy atom. The lowest BCUT2D eigenvalue weighted by Crippen LogP contribution is -2.53. The molecule has 2 rings (SSSR count). The van der Waals surface area contributed by atoms with Crippen LogP contribution in [0.2, 0.25) is 0 Å². The van der Waals surface area contributed by atoms with Crippen LogP contribution < -0.4 is 11.5 Å². The molecular formula is C13H20BrN5O. The van der Waals surface area contributed by atoms with Gasteiger partial charge in [-0.05, 0) is 26.3 Å². The fraction of sp³-hybridized carbons (Fsp3) is 0.385. The Morgan fingerprint density at radius 2 is 1.80 bits per heavy atom. The fourth-order valence-electron chi connectivity index (χ4n) is 1.92. The third kappa shape index (κ3) is 3.49. The molecule has 6 nitrogen and oxygen atoms in total. The highest BCUT2D eigenvalue weighted by Gasteiger charge is 2.34. The highest BCUT2D eigenvalue weighted by Crippen LogP contribution is 2.25. The number of benzene rings is 1. The van der Waals surface area contributed by atoms with Gasteiger partial charge in [0.25, 0.3) is 0 Å². The molecule has 0 aromatic heterocycles. The molecule has 110 valence electrons. The molecule has 7 heteroatoms. The normalized spacial score (nSPS) is 18.6. The molecule has 1 heterocycles. The predicted octanol–water partition coefficient (Wildman–Crippen LogP) is 1.94. The number of guanidine groups is 2. The van der Waals surface area contributed by atoms with Gasteiger partial charge in [0.2, 0.25) is 11.9 Å². The van der Waals surface area contributed by atoms with Crippen molar-refractivity contribution in [3.63, 3.8) is 0 Å². The minimum atomic E-state index is -0.682. The third-order valence-electron chi connectivity index (χ3n) is 2.85.